The first-order chi connectivity index (χ1) is 15.5. The second kappa shape index (κ2) is 10.7. The highest BCUT2D eigenvalue weighted by molar-refractivity contribution is 7.10. The van der Waals surface area contributed by atoms with Crippen LogP contribution >= 0.6 is 22.9 Å². The summed E-state index contributed by atoms with van der Waals surface area (Å²) in [6.45, 7) is 5.84. The van der Waals surface area contributed by atoms with E-state index in [-0.39, 0.29) is 5.91 Å². The Morgan fingerprint density at radius 1 is 1.03 bits per heavy atom. The molecule has 3 heterocycles. The van der Waals surface area contributed by atoms with Gasteiger partial charge in [-0.05, 0) is 55.6 Å². The Balaban J connectivity index is 1.36. The molecular formula is C23H30ClN5O2S. The number of nitrogens with one attached hydrogen (secondary N) is 2. The van der Waals surface area contributed by atoms with Gasteiger partial charge in [-0.2, -0.15) is 0 Å². The van der Waals surface area contributed by atoms with Crippen LogP contribution in [-0.2, 0) is 4.79 Å². The third kappa shape index (κ3) is 5.81. The largest absolute Gasteiger partial charge is 0.340 e. The smallest absolute Gasteiger partial charge is 0.320 e. The van der Waals surface area contributed by atoms with Crippen LogP contribution in [0.1, 0.15) is 23.8 Å². The lowest BCUT2D eigenvalue weighted by atomic mass is 10.0. The molecular weight excluding hydrogens is 446 g/mol. The van der Waals surface area contributed by atoms with E-state index in [4.69, 9.17) is 11.6 Å². The molecule has 0 radical (unpaired) electrons. The highest BCUT2D eigenvalue weighted by Gasteiger charge is 2.33. The molecule has 1 aromatic heterocycles. The van der Waals surface area contributed by atoms with Gasteiger partial charge < -0.3 is 20.4 Å². The Kier molecular flexibility index (Phi) is 7.67. The zero-order valence-corrected chi connectivity index (χ0v) is 19.9. The third-order valence-corrected chi connectivity index (χ3v) is 7.47. The number of benzene rings is 1. The van der Waals surface area contributed by atoms with Crippen molar-refractivity contribution >= 4 is 40.6 Å². The van der Waals surface area contributed by atoms with Gasteiger partial charge in [-0.3, -0.25) is 9.69 Å². The second-order valence-electron chi connectivity index (χ2n) is 8.45. The van der Waals surface area contributed by atoms with Gasteiger partial charge in [0.1, 0.15) is 6.04 Å². The summed E-state index contributed by atoms with van der Waals surface area (Å²) in [6, 6.07) is 10.1. The Bertz CT molecular complexity index is 892. The minimum atomic E-state index is -0.692. The van der Waals surface area contributed by atoms with Gasteiger partial charge in [0.2, 0.25) is 0 Å². The molecule has 32 heavy (non-hydrogen) atoms. The molecule has 0 unspecified atom stereocenters. The molecule has 1 aromatic carbocycles. The average molecular weight is 476 g/mol. The molecule has 7 nitrogen and oxygen atoms in total. The zero-order chi connectivity index (χ0) is 22.5. The van der Waals surface area contributed by atoms with Gasteiger partial charge in [-0.25, -0.2) is 4.79 Å². The van der Waals surface area contributed by atoms with Crippen LogP contribution in [0.25, 0.3) is 0 Å². The fraction of sp³-hybridized carbons (Fsp3) is 0.478. The number of amides is 3. The average Bonchev–Trinajstić information content (AvgIpc) is 3.34. The summed E-state index contributed by atoms with van der Waals surface area (Å²) in [5, 5.41) is 8.19. The van der Waals surface area contributed by atoms with E-state index in [0.29, 0.717) is 16.8 Å². The highest BCUT2D eigenvalue weighted by atomic mass is 35.5. The van der Waals surface area contributed by atoms with Crippen molar-refractivity contribution in [3.63, 3.8) is 0 Å². The van der Waals surface area contributed by atoms with Crippen LogP contribution in [0, 0.1) is 0 Å². The van der Waals surface area contributed by atoms with Gasteiger partial charge in [0.15, 0.2) is 0 Å². The van der Waals surface area contributed by atoms with E-state index in [1.54, 1.807) is 24.3 Å². The summed E-state index contributed by atoms with van der Waals surface area (Å²) in [6.07, 6.45) is 1.95. The van der Waals surface area contributed by atoms with Crippen LogP contribution in [0.3, 0.4) is 0 Å². The summed E-state index contributed by atoms with van der Waals surface area (Å²) in [4.78, 5) is 33.7. The van der Waals surface area contributed by atoms with E-state index in [1.165, 1.54) is 11.3 Å². The lowest BCUT2D eigenvalue weighted by Crippen LogP contribution is -2.54. The van der Waals surface area contributed by atoms with Crippen molar-refractivity contribution in [2.45, 2.75) is 24.9 Å². The van der Waals surface area contributed by atoms with Crippen molar-refractivity contribution < 1.29 is 9.59 Å². The number of likely N-dealkylation sites (tertiary alicyclic amines) is 1. The number of likely N-dealkylation sites (N-methyl/N-ethyl adjacent to an activating group) is 1. The number of hydrogen-bond acceptors (Lipinski definition) is 5. The fourth-order valence-corrected chi connectivity index (χ4v) is 5.26. The first kappa shape index (κ1) is 23.0. The summed E-state index contributed by atoms with van der Waals surface area (Å²) in [5.41, 5.74) is 0.622. The van der Waals surface area contributed by atoms with E-state index >= 15 is 0 Å². The molecule has 2 fully saturated rings. The Morgan fingerprint density at radius 2 is 1.72 bits per heavy atom. The van der Waals surface area contributed by atoms with Gasteiger partial charge in [0.25, 0.3) is 5.91 Å². The molecule has 9 heteroatoms. The van der Waals surface area contributed by atoms with E-state index in [0.717, 1.165) is 57.0 Å². The Labute approximate surface area is 198 Å². The number of carbonyl (C=O) groups excluding carboxylic acids is 2. The molecule has 0 saturated carbocycles. The number of thiophene rings is 1. The van der Waals surface area contributed by atoms with Gasteiger partial charge in [0, 0.05) is 60.9 Å². The number of urea groups is 1. The van der Waals surface area contributed by atoms with E-state index in [1.807, 2.05) is 22.4 Å². The van der Waals surface area contributed by atoms with E-state index in [9.17, 15) is 9.59 Å². The minimum Gasteiger partial charge on any atom is -0.340 e. The predicted octanol–water partition coefficient (Wildman–Crippen LogP) is 3.50. The molecule has 1 atom stereocenters. The SMILES string of the molecule is CN1CCN(C2CCN(C(=O)[C@H](NC(=O)Nc3ccc(Cl)cc3)c3cccs3)CC2)CC1. The predicted molar refractivity (Wildman–Crippen MR) is 129 cm³/mol. The normalized spacial score (nSPS) is 19.5. The molecule has 4 rings (SSSR count). The Morgan fingerprint density at radius 3 is 2.34 bits per heavy atom. The third-order valence-electron chi connectivity index (χ3n) is 6.28. The van der Waals surface area contributed by atoms with Crippen molar-refractivity contribution in [1.82, 2.24) is 20.0 Å². The maximum Gasteiger partial charge on any atom is 0.320 e. The van der Waals surface area contributed by atoms with Crippen LogP contribution in [0.4, 0.5) is 10.5 Å². The van der Waals surface area contributed by atoms with Crippen LogP contribution in [-0.4, -0.2) is 79.0 Å². The number of piperidine rings is 1. The highest BCUT2D eigenvalue weighted by Crippen LogP contribution is 2.25. The summed E-state index contributed by atoms with van der Waals surface area (Å²) >= 11 is 7.39. The maximum atomic E-state index is 13.4. The number of halogens is 1. The first-order valence-electron chi connectivity index (χ1n) is 11.1. The molecule has 2 N–H and O–H groups in total. The number of hydrogen-bond donors (Lipinski definition) is 2. The van der Waals surface area contributed by atoms with Gasteiger partial charge in [-0.15, -0.1) is 11.3 Å². The molecule has 2 saturated heterocycles. The zero-order valence-electron chi connectivity index (χ0n) is 18.3. The van der Waals surface area contributed by atoms with Crippen LogP contribution in [0.15, 0.2) is 41.8 Å². The molecule has 2 aliphatic rings. The topological polar surface area (TPSA) is 67.9 Å². The monoisotopic (exact) mass is 475 g/mol. The number of piperazine rings is 1. The minimum absolute atomic E-state index is 0.0458. The number of anilines is 1. The molecule has 2 aliphatic heterocycles. The van der Waals surface area contributed by atoms with Gasteiger partial charge in [0.05, 0.1) is 0 Å². The summed E-state index contributed by atoms with van der Waals surface area (Å²) in [5.74, 6) is -0.0458. The molecule has 0 aliphatic carbocycles. The molecule has 2 aromatic rings. The van der Waals surface area contributed by atoms with Crippen molar-refractivity contribution in [1.29, 1.82) is 0 Å². The Hall–Kier alpha value is -2.13. The van der Waals surface area contributed by atoms with Crippen LogP contribution < -0.4 is 10.6 Å². The lowest BCUT2D eigenvalue weighted by Gasteiger charge is -2.42. The van der Waals surface area contributed by atoms with Gasteiger partial charge >= 0.3 is 6.03 Å². The fourth-order valence-electron chi connectivity index (χ4n) is 4.36. The summed E-state index contributed by atoms with van der Waals surface area (Å²) < 4.78 is 0. The van der Waals surface area contributed by atoms with Gasteiger partial charge in [-0.1, -0.05) is 17.7 Å². The number of rotatable bonds is 5. The molecule has 3 amide bonds. The van der Waals surface area contributed by atoms with Crippen molar-refractivity contribution in [2.75, 3.05) is 51.6 Å². The quantitative estimate of drug-likeness (QED) is 0.694. The molecule has 0 bridgehead atoms. The van der Waals surface area contributed by atoms with E-state index < -0.39 is 12.1 Å². The number of carbonyl (C=O) groups is 2. The number of nitrogens with zero attached hydrogens (tertiary/aromatic N) is 3. The second-order valence-corrected chi connectivity index (χ2v) is 9.87. The molecule has 0 spiro atoms. The lowest BCUT2D eigenvalue weighted by molar-refractivity contribution is -0.135. The first-order valence-corrected chi connectivity index (χ1v) is 12.3. The molecule has 172 valence electrons. The van der Waals surface area contributed by atoms with Crippen molar-refractivity contribution in [3.05, 3.63) is 51.7 Å². The van der Waals surface area contributed by atoms with Crippen molar-refractivity contribution in [3.8, 4) is 0 Å². The van der Waals surface area contributed by atoms with Crippen LogP contribution in [0.2, 0.25) is 5.02 Å². The maximum absolute atomic E-state index is 13.4. The van der Waals surface area contributed by atoms with Crippen molar-refractivity contribution in [2.24, 2.45) is 0 Å². The summed E-state index contributed by atoms with van der Waals surface area (Å²) in [7, 11) is 2.17. The van der Waals surface area contributed by atoms with E-state index in [2.05, 4.69) is 27.5 Å². The van der Waals surface area contributed by atoms with Crippen LogP contribution in [0.5, 0.6) is 0 Å². The standard InChI is InChI=1S/C23H30ClN5O2S/c1-27-12-14-28(15-13-27)19-8-10-29(11-9-19)22(30)21(20-3-2-16-32-20)26-23(31)25-18-6-4-17(24)5-7-18/h2-7,16,19,21H,8-15H2,1H3,(H2,25,26,31)/t21-/m1/s1.